The van der Waals surface area contributed by atoms with Gasteiger partial charge in [0.25, 0.3) is 0 Å². The van der Waals surface area contributed by atoms with E-state index < -0.39 is 5.82 Å². The zero-order chi connectivity index (χ0) is 14.7. The Labute approximate surface area is 139 Å². The van der Waals surface area contributed by atoms with Gasteiger partial charge in [-0.1, -0.05) is 49.5 Å². The van der Waals surface area contributed by atoms with Gasteiger partial charge in [-0.25, -0.2) is 4.39 Å². The van der Waals surface area contributed by atoms with Crippen molar-refractivity contribution in [2.24, 2.45) is 0 Å². The maximum atomic E-state index is 13.2. The summed E-state index contributed by atoms with van der Waals surface area (Å²) in [7, 11) is 0. The third-order valence-electron chi connectivity index (χ3n) is 2.78. The summed E-state index contributed by atoms with van der Waals surface area (Å²) in [6, 6.07) is 10.5. The molecule has 0 bridgehead atoms. The van der Waals surface area contributed by atoms with Gasteiger partial charge in [-0.3, -0.25) is 0 Å². The molecule has 0 fully saturated rings. The predicted molar refractivity (Wildman–Crippen MR) is 87.5 cm³/mol. The normalized spacial score (nSPS) is 12.2. The average Bonchev–Trinajstić information content (AvgIpc) is 2.43. The average molecular weight is 423 g/mol. The highest BCUT2D eigenvalue weighted by atomic mass is 79.9. The standard InChI is InChI=1S/C15H12Br2ClFO/c1-2-20-14-6-4-10(16)8-11(14)15(17)9-3-5-13(19)12(18)7-9/h3-8,15H,2H2,1H3. The number of rotatable bonds is 4. The summed E-state index contributed by atoms with van der Waals surface area (Å²) in [5.41, 5.74) is 1.83. The Morgan fingerprint density at radius 1 is 1.25 bits per heavy atom. The van der Waals surface area contributed by atoms with Gasteiger partial charge >= 0.3 is 0 Å². The van der Waals surface area contributed by atoms with Crippen molar-refractivity contribution in [2.75, 3.05) is 6.61 Å². The molecule has 2 rings (SSSR count). The van der Waals surface area contributed by atoms with Gasteiger partial charge < -0.3 is 4.74 Å². The minimum atomic E-state index is -0.422. The fourth-order valence-corrected chi connectivity index (χ4v) is 3.06. The van der Waals surface area contributed by atoms with Crippen LogP contribution < -0.4 is 4.74 Å². The van der Waals surface area contributed by atoms with Gasteiger partial charge in [-0.15, -0.1) is 0 Å². The largest absolute Gasteiger partial charge is 0.494 e. The molecule has 0 saturated carbocycles. The molecule has 0 heterocycles. The van der Waals surface area contributed by atoms with Crippen LogP contribution in [-0.2, 0) is 0 Å². The molecule has 2 aromatic carbocycles. The van der Waals surface area contributed by atoms with Crippen molar-refractivity contribution >= 4 is 43.5 Å². The molecule has 0 saturated heterocycles. The van der Waals surface area contributed by atoms with Crippen LogP contribution in [0.3, 0.4) is 0 Å². The Kier molecular flexibility index (Phi) is 5.47. The lowest BCUT2D eigenvalue weighted by Crippen LogP contribution is -2.00. The van der Waals surface area contributed by atoms with E-state index in [4.69, 9.17) is 16.3 Å². The summed E-state index contributed by atoms with van der Waals surface area (Å²) in [5, 5.41) is 0.111. The molecule has 0 amide bonds. The quantitative estimate of drug-likeness (QED) is 0.539. The van der Waals surface area contributed by atoms with Crippen LogP contribution in [0.25, 0.3) is 0 Å². The van der Waals surface area contributed by atoms with Crippen molar-refractivity contribution in [1.29, 1.82) is 0 Å². The van der Waals surface area contributed by atoms with Crippen molar-refractivity contribution in [2.45, 2.75) is 11.8 Å². The number of halogens is 4. The first-order chi connectivity index (χ1) is 9.52. The summed E-state index contributed by atoms with van der Waals surface area (Å²) < 4.78 is 19.8. The molecule has 1 unspecified atom stereocenters. The Morgan fingerprint density at radius 2 is 2.00 bits per heavy atom. The Bertz CT molecular complexity index is 619. The molecule has 2 aromatic rings. The smallest absolute Gasteiger partial charge is 0.141 e. The predicted octanol–water partition coefficient (Wildman–Crippen LogP) is 6.12. The first kappa shape index (κ1) is 15.8. The minimum Gasteiger partial charge on any atom is -0.494 e. The summed E-state index contributed by atoms with van der Waals surface area (Å²) in [6.07, 6.45) is 0. The first-order valence-corrected chi connectivity index (χ1v) is 8.13. The van der Waals surface area contributed by atoms with Crippen molar-refractivity contribution in [3.63, 3.8) is 0 Å². The third-order valence-corrected chi connectivity index (χ3v) is 4.59. The van der Waals surface area contributed by atoms with Crippen LogP contribution in [0, 0.1) is 5.82 Å². The van der Waals surface area contributed by atoms with E-state index in [2.05, 4.69) is 31.9 Å². The fraction of sp³-hybridized carbons (Fsp3) is 0.200. The molecule has 1 atom stereocenters. The minimum absolute atomic E-state index is 0.111. The summed E-state index contributed by atoms with van der Waals surface area (Å²) in [5.74, 6) is 0.368. The molecular formula is C15H12Br2ClFO. The van der Waals surface area contributed by atoms with Gasteiger partial charge in [0.15, 0.2) is 0 Å². The van der Waals surface area contributed by atoms with Crippen LogP contribution in [0.5, 0.6) is 5.75 Å². The van der Waals surface area contributed by atoms with Gasteiger partial charge in [-0.05, 0) is 42.8 Å². The van der Waals surface area contributed by atoms with Gasteiger partial charge in [0.1, 0.15) is 11.6 Å². The van der Waals surface area contributed by atoms with Crippen molar-refractivity contribution in [1.82, 2.24) is 0 Å². The molecule has 0 spiro atoms. The molecule has 0 radical (unpaired) electrons. The SMILES string of the molecule is CCOc1ccc(Br)cc1C(Br)c1ccc(F)c(Cl)c1. The maximum absolute atomic E-state index is 13.2. The van der Waals surface area contributed by atoms with Crippen LogP contribution in [0.1, 0.15) is 22.9 Å². The highest BCUT2D eigenvalue weighted by molar-refractivity contribution is 9.10. The molecule has 0 aliphatic heterocycles. The summed E-state index contributed by atoms with van der Waals surface area (Å²) in [4.78, 5) is -0.125. The van der Waals surface area contributed by atoms with E-state index in [1.54, 1.807) is 12.1 Å². The molecule has 5 heteroatoms. The van der Waals surface area contributed by atoms with E-state index in [0.29, 0.717) is 6.61 Å². The van der Waals surface area contributed by atoms with E-state index in [1.807, 2.05) is 25.1 Å². The van der Waals surface area contributed by atoms with E-state index in [1.165, 1.54) is 6.07 Å². The number of hydrogen-bond acceptors (Lipinski definition) is 1. The monoisotopic (exact) mass is 420 g/mol. The van der Waals surface area contributed by atoms with E-state index >= 15 is 0 Å². The van der Waals surface area contributed by atoms with E-state index in [9.17, 15) is 4.39 Å². The topological polar surface area (TPSA) is 9.23 Å². The van der Waals surface area contributed by atoms with Crippen molar-refractivity contribution in [3.8, 4) is 5.75 Å². The second-order valence-electron chi connectivity index (χ2n) is 4.15. The lowest BCUT2D eigenvalue weighted by atomic mass is 10.0. The maximum Gasteiger partial charge on any atom is 0.141 e. The van der Waals surface area contributed by atoms with Gasteiger partial charge in [-0.2, -0.15) is 0 Å². The van der Waals surface area contributed by atoms with Crippen LogP contribution in [0.4, 0.5) is 4.39 Å². The lowest BCUT2D eigenvalue weighted by Gasteiger charge is -2.16. The number of hydrogen-bond donors (Lipinski definition) is 0. The highest BCUT2D eigenvalue weighted by Gasteiger charge is 2.17. The van der Waals surface area contributed by atoms with Crippen LogP contribution >= 0.6 is 43.5 Å². The summed E-state index contributed by atoms with van der Waals surface area (Å²) >= 11 is 12.9. The Morgan fingerprint density at radius 3 is 2.65 bits per heavy atom. The molecule has 20 heavy (non-hydrogen) atoms. The fourth-order valence-electron chi connectivity index (χ4n) is 1.85. The summed E-state index contributed by atoms with van der Waals surface area (Å²) in [6.45, 7) is 2.52. The molecule has 106 valence electrons. The molecule has 1 nitrogen and oxygen atoms in total. The van der Waals surface area contributed by atoms with E-state index in [-0.39, 0.29) is 9.85 Å². The van der Waals surface area contributed by atoms with Gasteiger partial charge in [0.05, 0.1) is 16.5 Å². The number of benzene rings is 2. The van der Waals surface area contributed by atoms with Gasteiger partial charge in [0, 0.05) is 10.0 Å². The zero-order valence-corrected chi connectivity index (χ0v) is 14.6. The third kappa shape index (κ3) is 3.54. The van der Waals surface area contributed by atoms with E-state index in [0.717, 1.165) is 21.3 Å². The Hall–Kier alpha value is -0.580. The highest BCUT2D eigenvalue weighted by Crippen LogP contribution is 2.39. The molecule has 0 N–H and O–H groups in total. The van der Waals surface area contributed by atoms with Crippen LogP contribution in [-0.4, -0.2) is 6.61 Å². The van der Waals surface area contributed by atoms with Crippen molar-refractivity contribution in [3.05, 3.63) is 62.8 Å². The first-order valence-electron chi connectivity index (χ1n) is 6.04. The second-order valence-corrected chi connectivity index (χ2v) is 6.39. The van der Waals surface area contributed by atoms with Crippen LogP contribution in [0.15, 0.2) is 40.9 Å². The lowest BCUT2D eigenvalue weighted by molar-refractivity contribution is 0.337. The number of ether oxygens (including phenoxy) is 1. The Balaban J connectivity index is 2.43. The number of alkyl halides is 1. The zero-order valence-electron chi connectivity index (χ0n) is 10.7. The molecule has 0 aliphatic carbocycles. The molecule has 0 aromatic heterocycles. The second kappa shape index (κ2) is 6.92. The van der Waals surface area contributed by atoms with Crippen molar-refractivity contribution < 1.29 is 9.13 Å². The van der Waals surface area contributed by atoms with Crippen LogP contribution in [0.2, 0.25) is 5.02 Å². The molecular weight excluding hydrogens is 410 g/mol. The van der Waals surface area contributed by atoms with Gasteiger partial charge in [0.2, 0.25) is 0 Å². The molecule has 0 aliphatic rings.